The molecule has 0 spiro atoms. The molecule has 4 atom stereocenters. The first kappa shape index (κ1) is 18.8. The van der Waals surface area contributed by atoms with Gasteiger partial charge >= 0.3 is 11.9 Å². The molecule has 26 heavy (non-hydrogen) atoms. The fraction of sp³-hybridized carbons (Fsp3) is 0.263. The Morgan fingerprint density at radius 1 is 0.885 bits per heavy atom. The summed E-state index contributed by atoms with van der Waals surface area (Å²) in [6.07, 6.45) is -3.33. The molecule has 3 rings (SSSR count). The molecule has 1 N–H and O–H groups in total. The van der Waals surface area contributed by atoms with E-state index in [0.717, 1.165) is 0 Å². The standard InChI is InChI=1S/C19H17IO6/c20-14-11-24-19(23)16(26-18(22)13-9-5-2-6-10-13)15(14)25-17(21)12-7-3-1-4-8-12/h1-10,14-16,19,23H,11H2/t14-,15+,16-,19+/m1/s1. The zero-order valence-electron chi connectivity index (χ0n) is 13.7. The lowest BCUT2D eigenvalue weighted by molar-refractivity contribution is -0.215. The third-order valence-electron chi connectivity index (χ3n) is 3.89. The molecule has 2 aromatic rings. The zero-order chi connectivity index (χ0) is 18.5. The smallest absolute Gasteiger partial charge is 0.338 e. The van der Waals surface area contributed by atoms with E-state index in [9.17, 15) is 14.7 Å². The van der Waals surface area contributed by atoms with Crippen molar-refractivity contribution in [1.82, 2.24) is 0 Å². The van der Waals surface area contributed by atoms with Crippen molar-refractivity contribution in [2.75, 3.05) is 6.61 Å². The molecule has 2 aromatic carbocycles. The summed E-state index contributed by atoms with van der Waals surface area (Å²) in [5, 5.41) is 10.1. The van der Waals surface area contributed by atoms with Gasteiger partial charge in [0.15, 0.2) is 18.5 Å². The molecule has 0 saturated carbocycles. The highest BCUT2D eigenvalue weighted by molar-refractivity contribution is 14.1. The van der Waals surface area contributed by atoms with Crippen LogP contribution in [0.4, 0.5) is 0 Å². The lowest BCUT2D eigenvalue weighted by Gasteiger charge is -2.37. The molecule has 1 fully saturated rings. The zero-order valence-corrected chi connectivity index (χ0v) is 15.8. The molecule has 1 aliphatic heterocycles. The van der Waals surface area contributed by atoms with E-state index in [0.29, 0.717) is 11.1 Å². The van der Waals surface area contributed by atoms with Crippen LogP contribution in [0, 0.1) is 0 Å². The molecular weight excluding hydrogens is 451 g/mol. The van der Waals surface area contributed by atoms with Gasteiger partial charge in [-0.2, -0.15) is 0 Å². The number of hydrogen-bond acceptors (Lipinski definition) is 6. The number of ether oxygens (including phenoxy) is 3. The maximum Gasteiger partial charge on any atom is 0.338 e. The highest BCUT2D eigenvalue weighted by atomic mass is 127. The van der Waals surface area contributed by atoms with Gasteiger partial charge < -0.3 is 19.3 Å². The number of alkyl halides is 1. The van der Waals surface area contributed by atoms with Crippen LogP contribution in [-0.4, -0.2) is 46.1 Å². The van der Waals surface area contributed by atoms with E-state index in [1.54, 1.807) is 60.7 Å². The average Bonchev–Trinajstić information content (AvgIpc) is 2.68. The third-order valence-corrected chi connectivity index (χ3v) is 4.96. The van der Waals surface area contributed by atoms with Gasteiger partial charge in [0.25, 0.3) is 0 Å². The monoisotopic (exact) mass is 468 g/mol. The van der Waals surface area contributed by atoms with Crippen LogP contribution in [0.25, 0.3) is 0 Å². The van der Waals surface area contributed by atoms with Crippen LogP contribution in [0.2, 0.25) is 0 Å². The average molecular weight is 468 g/mol. The maximum atomic E-state index is 12.4. The van der Waals surface area contributed by atoms with Gasteiger partial charge in [-0.3, -0.25) is 0 Å². The molecule has 0 aliphatic carbocycles. The number of carbonyl (C=O) groups excluding carboxylic acids is 2. The number of rotatable bonds is 4. The van der Waals surface area contributed by atoms with Gasteiger partial charge in [-0.1, -0.05) is 59.0 Å². The van der Waals surface area contributed by atoms with Crippen molar-refractivity contribution < 1.29 is 28.9 Å². The molecular formula is C19H17IO6. The Bertz CT molecular complexity index is 686. The maximum absolute atomic E-state index is 12.4. The first-order valence-electron chi connectivity index (χ1n) is 8.02. The van der Waals surface area contributed by atoms with Crippen molar-refractivity contribution in [3.8, 4) is 0 Å². The normalized spacial score (nSPS) is 25.3. The predicted molar refractivity (Wildman–Crippen MR) is 101 cm³/mol. The van der Waals surface area contributed by atoms with Gasteiger partial charge in [0.1, 0.15) is 0 Å². The fourth-order valence-electron chi connectivity index (χ4n) is 2.55. The number of aliphatic hydroxyl groups is 1. The van der Waals surface area contributed by atoms with Crippen molar-refractivity contribution in [3.05, 3.63) is 71.8 Å². The summed E-state index contributed by atoms with van der Waals surface area (Å²) >= 11 is 2.05. The van der Waals surface area contributed by atoms with Crippen molar-refractivity contribution in [2.24, 2.45) is 0 Å². The van der Waals surface area contributed by atoms with Crippen LogP contribution in [0.1, 0.15) is 20.7 Å². The number of halogens is 1. The Hall–Kier alpha value is -1.97. The van der Waals surface area contributed by atoms with Gasteiger partial charge in [0, 0.05) is 0 Å². The predicted octanol–water partition coefficient (Wildman–Crippen LogP) is 2.59. The van der Waals surface area contributed by atoms with E-state index in [1.165, 1.54) is 0 Å². The minimum absolute atomic E-state index is 0.174. The SMILES string of the molecule is O=C(O[C@@H]1[C@@H](OC(=O)c2ccccc2)[C@@H](O)OC[C@H]1I)c1ccccc1. The third kappa shape index (κ3) is 4.40. The van der Waals surface area contributed by atoms with Crippen molar-refractivity contribution >= 4 is 34.5 Å². The first-order valence-corrected chi connectivity index (χ1v) is 9.26. The number of esters is 2. The quantitative estimate of drug-likeness (QED) is 0.422. The van der Waals surface area contributed by atoms with E-state index in [4.69, 9.17) is 14.2 Å². The van der Waals surface area contributed by atoms with Crippen LogP contribution in [-0.2, 0) is 14.2 Å². The minimum atomic E-state index is -1.37. The molecule has 1 aliphatic rings. The van der Waals surface area contributed by atoms with Crippen LogP contribution >= 0.6 is 22.6 Å². The minimum Gasteiger partial charge on any atom is -0.453 e. The Morgan fingerprint density at radius 3 is 1.85 bits per heavy atom. The summed E-state index contributed by atoms with van der Waals surface area (Å²) in [4.78, 5) is 24.7. The van der Waals surface area contributed by atoms with E-state index in [1.807, 2.05) is 0 Å². The fourth-order valence-corrected chi connectivity index (χ4v) is 3.31. The molecule has 0 aromatic heterocycles. The Balaban J connectivity index is 1.76. The highest BCUT2D eigenvalue weighted by Gasteiger charge is 2.44. The number of aliphatic hydroxyl groups excluding tert-OH is 1. The van der Waals surface area contributed by atoms with Crippen LogP contribution in [0.15, 0.2) is 60.7 Å². The lowest BCUT2D eigenvalue weighted by atomic mass is 10.1. The van der Waals surface area contributed by atoms with Crippen molar-refractivity contribution in [3.63, 3.8) is 0 Å². The first-order chi connectivity index (χ1) is 12.6. The summed E-state index contributed by atoms with van der Waals surface area (Å²) in [6.45, 7) is 0.174. The summed E-state index contributed by atoms with van der Waals surface area (Å²) < 4.78 is 15.9. The Kier molecular flexibility index (Phi) is 6.23. The summed E-state index contributed by atoms with van der Waals surface area (Å²) in [6, 6.07) is 16.9. The number of hydrogen-bond donors (Lipinski definition) is 1. The Morgan fingerprint density at radius 2 is 1.35 bits per heavy atom. The summed E-state index contributed by atoms with van der Waals surface area (Å²) in [7, 11) is 0. The molecule has 0 bridgehead atoms. The molecule has 0 unspecified atom stereocenters. The van der Waals surface area contributed by atoms with Gasteiger partial charge in [-0.15, -0.1) is 0 Å². The second-order valence-electron chi connectivity index (χ2n) is 5.71. The van der Waals surface area contributed by atoms with Gasteiger partial charge in [-0.25, -0.2) is 9.59 Å². The van der Waals surface area contributed by atoms with Crippen molar-refractivity contribution in [1.29, 1.82) is 0 Å². The Labute approximate surface area is 164 Å². The number of carbonyl (C=O) groups is 2. The lowest BCUT2D eigenvalue weighted by Crippen LogP contribution is -2.54. The second-order valence-corrected chi connectivity index (χ2v) is 7.31. The summed E-state index contributed by atoms with van der Waals surface area (Å²) in [5.41, 5.74) is 0.716. The summed E-state index contributed by atoms with van der Waals surface area (Å²) in [5.74, 6) is -1.17. The largest absolute Gasteiger partial charge is 0.453 e. The molecule has 0 amide bonds. The van der Waals surface area contributed by atoms with Crippen molar-refractivity contribution in [2.45, 2.75) is 22.4 Å². The molecule has 1 heterocycles. The molecule has 6 nitrogen and oxygen atoms in total. The van der Waals surface area contributed by atoms with E-state index >= 15 is 0 Å². The molecule has 1 saturated heterocycles. The van der Waals surface area contributed by atoms with Gasteiger partial charge in [-0.05, 0) is 24.3 Å². The van der Waals surface area contributed by atoms with Gasteiger partial charge in [0.2, 0.25) is 0 Å². The van der Waals surface area contributed by atoms with Crippen LogP contribution in [0.5, 0.6) is 0 Å². The van der Waals surface area contributed by atoms with Crippen LogP contribution < -0.4 is 0 Å². The topological polar surface area (TPSA) is 82.1 Å². The number of benzene rings is 2. The van der Waals surface area contributed by atoms with E-state index in [2.05, 4.69) is 22.6 Å². The highest BCUT2D eigenvalue weighted by Crippen LogP contribution is 2.27. The molecule has 0 radical (unpaired) electrons. The van der Waals surface area contributed by atoms with E-state index < -0.39 is 30.4 Å². The van der Waals surface area contributed by atoms with Crippen LogP contribution in [0.3, 0.4) is 0 Å². The molecule has 136 valence electrons. The van der Waals surface area contributed by atoms with E-state index in [-0.39, 0.29) is 10.5 Å². The molecule has 7 heteroatoms. The van der Waals surface area contributed by atoms with Gasteiger partial charge in [0.05, 0.1) is 21.7 Å². The second kappa shape index (κ2) is 8.61.